The average Bonchev–Trinajstić information content (AvgIpc) is 2.83. The van der Waals surface area contributed by atoms with Crippen molar-refractivity contribution in [2.24, 2.45) is 5.92 Å². The first-order chi connectivity index (χ1) is 11.1. The number of thioether (sulfide) groups is 1. The van der Waals surface area contributed by atoms with E-state index in [4.69, 9.17) is 0 Å². The molecule has 0 radical (unpaired) electrons. The Labute approximate surface area is 151 Å². The number of carbonyl (C=O) groups is 1. The molecule has 5 heteroatoms. The molecular formula is C18H25BrN2OS. The normalized spacial score (nSPS) is 24.9. The van der Waals surface area contributed by atoms with Crippen molar-refractivity contribution in [1.82, 2.24) is 10.2 Å². The zero-order chi connectivity index (χ0) is 16.2. The Kier molecular flexibility index (Phi) is 6.05. The monoisotopic (exact) mass is 396 g/mol. The molecule has 1 fully saturated rings. The molecular weight excluding hydrogens is 372 g/mol. The van der Waals surface area contributed by atoms with E-state index in [9.17, 15) is 4.79 Å². The predicted molar refractivity (Wildman–Crippen MR) is 99.8 cm³/mol. The van der Waals surface area contributed by atoms with Gasteiger partial charge in [-0.25, -0.2) is 0 Å². The van der Waals surface area contributed by atoms with Crippen molar-refractivity contribution in [3.05, 3.63) is 28.2 Å². The molecule has 2 atom stereocenters. The summed E-state index contributed by atoms with van der Waals surface area (Å²) >= 11 is 5.50. The van der Waals surface area contributed by atoms with E-state index in [1.807, 2.05) is 16.7 Å². The molecule has 1 saturated heterocycles. The minimum atomic E-state index is 0.258. The lowest BCUT2D eigenvalue weighted by atomic mass is 9.95. The molecule has 2 aliphatic heterocycles. The number of fused-ring (bicyclic) bond motifs is 1. The van der Waals surface area contributed by atoms with Crippen LogP contribution in [0.15, 0.2) is 27.6 Å². The fraction of sp³-hybridized carbons (Fsp3) is 0.611. The van der Waals surface area contributed by atoms with E-state index in [0.717, 1.165) is 36.2 Å². The van der Waals surface area contributed by atoms with Gasteiger partial charge in [0.1, 0.15) is 0 Å². The van der Waals surface area contributed by atoms with E-state index in [1.54, 1.807) is 0 Å². The van der Waals surface area contributed by atoms with Gasteiger partial charge in [0, 0.05) is 34.3 Å². The van der Waals surface area contributed by atoms with Crippen LogP contribution in [0.4, 0.5) is 0 Å². The van der Waals surface area contributed by atoms with Gasteiger partial charge >= 0.3 is 0 Å². The van der Waals surface area contributed by atoms with Crippen LogP contribution in [0.2, 0.25) is 0 Å². The number of nitrogens with one attached hydrogen (secondary N) is 1. The summed E-state index contributed by atoms with van der Waals surface area (Å²) in [6, 6.07) is 6.74. The summed E-state index contributed by atoms with van der Waals surface area (Å²) in [6.07, 6.45) is 4.82. The third-order valence-electron chi connectivity index (χ3n) is 4.81. The molecule has 0 aliphatic carbocycles. The maximum absolute atomic E-state index is 12.5. The molecule has 0 unspecified atom stereocenters. The molecule has 2 aliphatic rings. The summed E-state index contributed by atoms with van der Waals surface area (Å²) in [6.45, 7) is 4.58. The van der Waals surface area contributed by atoms with Gasteiger partial charge in [-0.05, 0) is 42.5 Å². The van der Waals surface area contributed by atoms with Crippen molar-refractivity contribution in [1.29, 1.82) is 0 Å². The van der Waals surface area contributed by atoms with Crippen LogP contribution in [0.5, 0.6) is 0 Å². The Hall–Kier alpha value is -0.520. The first kappa shape index (κ1) is 17.3. The summed E-state index contributed by atoms with van der Waals surface area (Å²) in [5.74, 6) is 1.89. The van der Waals surface area contributed by atoms with Gasteiger partial charge in [-0.3, -0.25) is 4.79 Å². The maximum Gasteiger partial charge on any atom is 0.236 e. The van der Waals surface area contributed by atoms with Gasteiger partial charge in [0.2, 0.25) is 5.91 Å². The average molecular weight is 397 g/mol. The van der Waals surface area contributed by atoms with Gasteiger partial charge in [-0.1, -0.05) is 35.7 Å². The molecule has 0 bridgehead atoms. The molecule has 0 spiro atoms. The molecule has 1 aromatic carbocycles. The first-order valence-corrected chi connectivity index (χ1v) is 10.4. The van der Waals surface area contributed by atoms with Crippen molar-refractivity contribution in [2.75, 3.05) is 25.4 Å². The highest BCUT2D eigenvalue weighted by Gasteiger charge is 2.28. The molecule has 0 saturated carbocycles. The van der Waals surface area contributed by atoms with E-state index in [1.165, 1.54) is 23.3 Å². The molecule has 2 heterocycles. The summed E-state index contributed by atoms with van der Waals surface area (Å²) in [4.78, 5) is 15.9. The second kappa shape index (κ2) is 8.04. The van der Waals surface area contributed by atoms with E-state index in [-0.39, 0.29) is 11.9 Å². The van der Waals surface area contributed by atoms with Crippen LogP contribution in [-0.4, -0.2) is 36.2 Å². The van der Waals surface area contributed by atoms with Crippen LogP contribution in [-0.2, 0) is 4.79 Å². The number of nitrogens with zero attached hydrogens (tertiary/aromatic N) is 1. The number of halogens is 1. The molecule has 23 heavy (non-hydrogen) atoms. The molecule has 3 nitrogen and oxygen atoms in total. The quantitative estimate of drug-likeness (QED) is 0.829. The van der Waals surface area contributed by atoms with E-state index in [2.05, 4.69) is 46.4 Å². The second-order valence-electron chi connectivity index (χ2n) is 6.62. The summed E-state index contributed by atoms with van der Waals surface area (Å²) in [5, 5.41) is 3.55. The maximum atomic E-state index is 12.5. The predicted octanol–water partition coefficient (Wildman–Crippen LogP) is 4.22. The molecule has 1 aromatic rings. The van der Waals surface area contributed by atoms with Crippen LogP contribution >= 0.6 is 27.7 Å². The largest absolute Gasteiger partial charge is 0.342 e. The summed E-state index contributed by atoms with van der Waals surface area (Å²) in [5.41, 5.74) is 1.33. The van der Waals surface area contributed by atoms with Gasteiger partial charge in [0.15, 0.2) is 0 Å². The van der Waals surface area contributed by atoms with Crippen LogP contribution in [0.1, 0.15) is 44.2 Å². The Morgan fingerprint density at radius 3 is 2.78 bits per heavy atom. The fourth-order valence-electron chi connectivity index (χ4n) is 3.46. The van der Waals surface area contributed by atoms with E-state index in [0.29, 0.717) is 12.5 Å². The Bertz CT molecular complexity index is 558. The van der Waals surface area contributed by atoms with Crippen LogP contribution in [0.3, 0.4) is 0 Å². The highest BCUT2D eigenvalue weighted by molar-refractivity contribution is 9.10. The van der Waals surface area contributed by atoms with Gasteiger partial charge in [0.25, 0.3) is 0 Å². The Balaban J connectivity index is 1.65. The lowest BCUT2D eigenvalue weighted by molar-refractivity contribution is -0.130. The first-order valence-electron chi connectivity index (χ1n) is 8.58. The molecule has 0 aromatic heterocycles. The number of amides is 1. The third kappa shape index (κ3) is 4.31. The Morgan fingerprint density at radius 2 is 2.04 bits per heavy atom. The zero-order valence-electron chi connectivity index (χ0n) is 13.7. The van der Waals surface area contributed by atoms with E-state index >= 15 is 0 Å². The van der Waals surface area contributed by atoms with E-state index < -0.39 is 0 Å². The lowest BCUT2D eigenvalue weighted by Gasteiger charge is -2.32. The van der Waals surface area contributed by atoms with Crippen molar-refractivity contribution in [2.45, 2.75) is 43.5 Å². The zero-order valence-corrected chi connectivity index (χ0v) is 16.1. The summed E-state index contributed by atoms with van der Waals surface area (Å²) in [7, 11) is 0. The van der Waals surface area contributed by atoms with Crippen LogP contribution in [0.25, 0.3) is 0 Å². The van der Waals surface area contributed by atoms with Gasteiger partial charge < -0.3 is 10.2 Å². The summed E-state index contributed by atoms with van der Waals surface area (Å²) < 4.78 is 1.11. The minimum Gasteiger partial charge on any atom is -0.342 e. The number of hydrogen-bond acceptors (Lipinski definition) is 3. The number of rotatable bonds is 3. The highest BCUT2D eigenvalue weighted by Crippen LogP contribution is 2.40. The number of likely N-dealkylation sites (tertiary alicyclic amines) is 1. The van der Waals surface area contributed by atoms with Gasteiger partial charge in [-0.2, -0.15) is 0 Å². The Morgan fingerprint density at radius 1 is 1.30 bits per heavy atom. The van der Waals surface area contributed by atoms with Crippen molar-refractivity contribution >= 4 is 33.6 Å². The molecule has 126 valence electrons. The number of benzene rings is 1. The van der Waals surface area contributed by atoms with Crippen molar-refractivity contribution in [3.8, 4) is 0 Å². The smallest absolute Gasteiger partial charge is 0.236 e. The van der Waals surface area contributed by atoms with Crippen molar-refractivity contribution in [3.63, 3.8) is 0 Å². The second-order valence-corrected chi connectivity index (χ2v) is 8.60. The number of carbonyl (C=O) groups excluding carboxylic acids is 1. The minimum absolute atomic E-state index is 0.258. The SMILES string of the molecule is C[C@H]1CSc2ccc(Br)cc2[C@@H]1NCC(=O)N1CCCCCC1. The topological polar surface area (TPSA) is 32.3 Å². The standard InChI is InChI=1S/C18H25BrN2OS/c1-13-12-23-16-7-6-14(19)10-15(16)18(13)20-11-17(22)21-8-4-2-3-5-9-21/h6-7,10,13,18,20H,2-5,8-9,11-12H2,1H3/t13-,18+/m0/s1. The van der Waals surface area contributed by atoms with Crippen LogP contribution in [0, 0.1) is 5.92 Å². The van der Waals surface area contributed by atoms with Crippen molar-refractivity contribution < 1.29 is 4.79 Å². The third-order valence-corrected chi connectivity index (χ3v) is 6.68. The molecule has 3 rings (SSSR count). The van der Waals surface area contributed by atoms with Gasteiger partial charge in [-0.15, -0.1) is 11.8 Å². The lowest BCUT2D eigenvalue weighted by Crippen LogP contribution is -2.41. The van der Waals surface area contributed by atoms with Crippen LogP contribution < -0.4 is 5.32 Å². The molecule has 1 amide bonds. The number of hydrogen-bond donors (Lipinski definition) is 1. The highest BCUT2D eigenvalue weighted by atomic mass is 79.9. The molecule has 1 N–H and O–H groups in total. The fourth-order valence-corrected chi connectivity index (χ4v) is 4.99. The van der Waals surface area contributed by atoms with Gasteiger partial charge in [0.05, 0.1) is 6.54 Å².